The third kappa shape index (κ3) is 3.13. The fourth-order valence-electron chi connectivity index (χ4n) is 3.75. The van der Waals surface area contributed by atoms with E-state index < -0.39 is 0 Å². The molecule has 0 bridgehead atoms. The van der Waals surface area contributed by atoms with Gasteiger partial charge in [0.2, 0.25) is 0 Å². The van der Waals surface area contributed by atoms with E-state index in [4.69, 9.17) is 9.47 Å². The molecule has 3 fully saturated rings. The monoisotopic (exact) mass is 266 g/mol. The summed E-state index contributed by atoms with van der Waals surface area (Å²) in [6.07, 6.45) is 7.43. The average molecular weight is 266 g/mol. The summed E-state index contributed by atoms with van der Waals surface area (Å²) in [4.78, 5) is 12.1. The van der Waals surface area contributed by atoms with Crippen LogP contribution < -0.4 is 0 Å². The minimum absolute atomic E-state index is 0.0280. The Morgan fingerprint density at radius 1 is 1.05 bits per heavy atom. The van der Waals surface area contributed by atoms with Crippen molar-refractivity contribution in [2.24, 2.45) is 23.7 Å². The van der Waals surface area contributed by atoms with Crippen LogP contribution in [-0.2, 0) is 14.3 Å². The highest BCUT2D eigenvalue weighted by atomic mass is 16.6. The molecule has 3 heteroatoms. The van der Waals surface area contributed by atoms with Gasteiger partial charge in [-0.25, -0.2) is 0 Å². The third-order valence-corrected chi connectivity index (χ3v) is 5.51. The van der Waals surface area contributed by atoms with E-state index in [2.05, 4.69) is 13.8 Å². The molecular weight excluding hydrogens is 240 g/mol. The van der Waals surface area contributed by atoms with Crippen LogP contribution in [0, 0.1) is 23.7 Å². The number of carbonyl (C=O) groups excluding carboxylic acids is 1. The van der Waals surface area contributed by atoms with Gasteiger partial charge < -0.3 is 9.47 Å². The molecule has 2 saturated carbocycles. The first-order chi connectivity index (χ1) is 9.13. The number of hydrogen-bond acceptors (Lipinski definition) is 3. The van der Waals surface area contributed by atoms with Gasteiger partial charge in [-0.2, -0.15) is 0 Å². The lowest BCUT2D eigenvalue weighted by Gasteiger charge is -2.32. The predicted molar refractivity (Wildman–Crippen MR) is 72.6 cm³/mol. The Morgan fingerprint density at radius 3 is 2.63 bits per heavy atom. The second kappa shape index (κ2) is 5.43. The maximum absolute atomic E-state index is 12.1. The van der Waals surface area contributed by atoms with E-state index >= 15 is 0 Å². The van der Waals surface area contributed by atoms with E-state index in [1.54, 1.807) is 0 Å². The van der Waals surface area contributed by atoms with Crippen LogP contribution in [0.1, 0.15) is 52.4 Å². The quantitative estimate of drug-likeness (QED) is 0.582. The Hall–Kier alpha value is -0.570. The van der Waals surface area contributed by atoms with Crippen LogP contribution in [0.25, 0.3) is 0 Å². The Balaban J connectivity index is 1.40. The van der Waals surface area contributed by atoms with Gasteiger partial charge >= 0.3 is 5.97 Å². The molecule has 6 atom stereocenters. The maximum atomic E-state index is 12.1. The molecule has 5 unspecified atom stereocenters. The maximum Gasteiger partial charge on any atom is 0.309 e. The minimum Gasteiger partial charge on any atom is -0.465 e. The smallest absolute Gasteiger partial charge is 0.309 e. The highest BCUT2D eigenvalue weighted by Gasteiger charge is 2.46. The fourth-order valence-corrected chi connectivity index (χ4v) is 3.75. The number of rotatable bonds is 3. The van der Waals surface area contributed by atoms with E-state index in [-0.39, 0.29) is 11.9 Å². The lowest BCUT2D eigenvalue weighted by atomic mass is 9.76. The number of hydrogen-bond donors (Lipinski definition) is 0. The summed E-state index contributed by atoms with van der Waals surface area (Å²) < 4.78 is 11.0. The molecule has 1 heterocycles. The minimum atomic E-state index is 0.0280. The Morgan fingerprint density at radius 2 is 1.89 bits per heavy atom. The zero-order chi connectivity index (χ0) is 13.4. The van der Waals surface area contributed by atoms with Gasteiger partial charge in [-0.3, -0.25) is 4.79 Å². The molecule has 1 aliphatic heterocycles. The molecule has 0 N–H and O–H groups in total. The number of ether oxygens (including phenoxy) is 2. The molecule has 19 heavy (non-hydrogen) atoms. The largest absolute Gasteiger partial charge is 0.465 e. The molecule has 3 rings (SSSR count). The molecule has 0 spiro atoms. The van der Waals surface area contributed by atoms with Gasteiger partial charge in [0.15, 0.2) is 0 Å². The normalized spacial score (nSPS) is 45.4. The summed E-state index contributed by atoms with van der Waals surface area (Å²) in [5.74, 6) is 2.31. The second-order valence-corrected chi connectivity index (χ2v) is 6.99. The van der Waals surface area contributed by atoms with Crippen LogP contribution in [0.2, 0.25) is 0 Å². The zero-order valence-electron chi connectivity index (χ0n) is 12.1. The Bertz CT molecular complexity index is 341. The van der Waals surface area contributed by atoms with Crippen molar-refractivity contribution in [1.82, 2.24) is 0 Å². The Labute approximate surface area is 116 Å². The van der Waals surface area contributed by atoms with Crippen LogP contribution in [0.15, 0.2) is 0 Å². The van der Waals surface area contributed by atoms with Crippen molar-refractivity contribution in [2.45, 2.75) is 64.6 Å². The van der Waals surface area contributed by atoms with Crippen molar-refractivity contribution in [3.63, 3.8) is 0 Å². The van der Waals surface area contributed by atoms with Crippen molar-refractivity contribution in [3.05, 3.63) is 0 Å². The summed E-state index contributed by atoms with van der Waals surface area (Å²) in [5, 5.41) is 0. The molecule has 1 saturated heterocycles. The topological polar surface area (TPSA) is 38.8 Å². The van der Waals surface area contributed by atoms with E-state index in [0.29, 0.717) is 24.7 Å². The Kier molecular flexibility index (Phi) is 3.84. The standard InChI is InChI=1S/C16H26O3/c1-10-3-4-12(7-11(10)2)9-18-16(17)13-5-6-14-15(8-13)19-14/h10-15H,3-9H2,1-2H3/t10?,11?,12?,13-,14?,15?/m0/s1. The summed E-state index contributed by atoms with van der Waals surface area (Å²) >= 11 is 0. The van der Waals surface area contributed by atoms with Crippen molar-refractivity contribution in [2.75, 3.05) is 6.61 Å². The van der Waals surface area contributed by atoms with Gasteiger partial charge in [0.25, 0.3) is 0 Å². The molecule has 0 amide bonds. The molecule has 0 aromatic heterocycles. The fraction of sp³-hybridized carbons (Fsp3) is 0.938. The molecule has 0 aromatic carbocycles. The van der Waals surface area contributed by atoms with E-state index in [0.717, 1.165) is 31.1 Å². The van der Waals surface area contributed by atoms with Crippen LogP contribution in [-0.4, -0.2) is 24.8 Å². The van der Waals surface area contributed by atoms with Crippen LogP contribution in [0.4, 0.5) is 0 Å². The third-order valence-electron chi connectivity index (χ3n) is 5.51. The van der Waals surface area contributed by atoms with Gasteiger partial charge in [-0.1, -0.05) is 20.3 Å². The number of esters is 1. The van der Waals surface area contributed by atoms with Crippen molar-refractivity contribution >= 4 is 5.97 Å². The van der Waals surface area contributed by atoms with Crippen LogP contribution in [0.3, 0.4) is 0 Å². The van der Waals surface area contributed by atoms with E-state index in [1.165, 1.54) is 19.3 Å². The molecule has 3 aliphatic rings. The second-order valence-electron chi connectivity index (χ2n) is 6.99. The SMILES string of the molecule is CC1CCC(COC(=O)[C@H]2CCC3OC3C2)CC1C. The molecule has 0 aromatic rings. The first-order valence-corrected chi connectivity index (χ1v) is 7.95. The number of epoxide rings is 1. The van der Waals surface area contributed by atoms with Crippen molar-refractivity contribution in [1.29, 1.82) is 0 Å². The highest BCUT2D eigenvalue weighted by Crippen LogP contribution is 2.40. The first kappa shape index (κ1) is 13.4. The number of fused-ring (bicyclic) bond motifs is 1. The van der Waals surface area contributed by atoms with Crippen molar-refractivity contribution in [3.8, 4) is 0 Å². The van der Waals surface area contributed by atoms with E-state index in [1.807, 2.05) is 0 Å². The highest BCUT2D eigenvalue weighted by molar-refractivity contribution is 5.72. The molecule has 2 aliphatic carbocycles. The van der Waals surface area contributed by atoms with Gasteiger partial charge in [0.05, 0.1) is 24.7 Å². The summed E-state index contributed by atoms with van der Waals surface area (Å²) in [5.41, 5.74) is 0. The predicted octanol–water partition coefficient (Wildman–Crippen LogP) is 3.17. The van der Waals surface area contributed by atoms with Gasteiger partial charge in [-0.05, 0) is 49.9 Å². The van der Waals surface area contributed by atoms with Gasteiger partial charge in [-0.15, -0.1) is 0 Å². The van der Waals surface area contributed by atoms with Gasteiger partial charge in [0.1, 0.15) is 0 Å². The molecule has 0 radical (unpaired) electrons. The lowest BCUT2D eigenvalue weighted by molar-refractivity contribution is -0.151. The lowest BCUT2D eigenvalue weighted by Crippen LogP contribution is -2.28. The van der Waals surface area contributed by atoms with Gasteiger partial charge in [0, 0.05) is 0 Å². The number of carbonyl (C=O) groups is 1. The zero-order valence-corrected chi connectivity index (χ0v) is 12.1. The molecule has 3 nitrogen and oxygen atoms in total. The summed E-state index contributed by atoms with van der Waals surface area (Å²) in [6, 6.07) is 0. The van der Waals surface area contributed by atoms with Crippen molar-refractivity contribution < 1.29 is 14.3 Å². The molecular formula is C16H26O3. The average Bonchev–Trinajstić information content (AvgIpc) is 3.18. The van der Waals surface area contributed by atoms with Crippen LogP contribution >= 0.6 is 0 Å². The van der Waals surface area contributed by atoms with E-state index in [9.17, 15) is 4.79 Å². The summed E-state index contributed by atoms with van der Waals surface area (Å²) in [6.45, 7) is 5.30. The summed E-state index contributed by atoms with van der Waals surface area (Å²) in [7, 11) is 0. The molecule has 108 valence electrons. The van der Waals surface area contributed by atoms with Crippen LogP contribution in [0.5, 0.6) is 0 Å². The first-order valence-electron chi connectivity index (χ1n) is 7.95.